The Balaban J connectivity index is 1.54. The quantitative estimate of drug-likeness (QED) is 0.420. The lowest BCUT2D eigenvalue weighted by molar-refractivity contribution is -0.118. The summed E-state index contributed by atoms with van der Waals surface area (Å²) in [7, 11) is 0. The highest BCUT2D eigenvalue weighted by Crippen LogP contribution is 2.27. The van der Waals surface area contributed by atoms with Crippen LogP contribution in [0.15, 0.2) is 65.1 Å². The molecule has 3 aromatic carbocycles. The number of hydrogen-bond donors (Lipinski definition) is 2. The molecular weight excluding hydrogens is 452 g/mol. The molecule has 150 valence electrons. The van der Waals surface area contributed by atoms with E-state index in [9.17, 15) is 4.79 Å². The van der Waals surface area contributed by atoms with E-state index in [2.05, 4.69) is 58.6 Å². The molecule has 0 saturated heterocycles. The summed E-state index contributed by atoms with van der Waals surface area (Å²) in [4.78, 5) is 12.1. The molecule has 2 N–H and O–H groups in total. The van der Waals surface area contributed by atoms with Crippen LogP contribution in [0.4, 0.5) is 11.4 Å². The summed E-state index contributed by atoms with van der Waals surface area (Å²) >= 11 is 9.57. The first kappa shape index (κ1) is 21.2. The smallest absolute Gasteiger partial charge is 0.262 e. The predicted octanol–water partition coefficient (Wildman–Crippen LogP) is 6.35. The molecule has 3 rings (SSSR count). The molecule has 1 amide bonds. The minimum atomic E-state index is -0.273. The minimum absolute atomic E-state index is 0.107. The Bertz CT molecular complexity index is 1020. The topological polar surface area (TPSA) is 50.4 Å². The number of benzene rings is 3. The summed E-state index contributed by atoms with van der Waals surface area (Å²) in [5, 5.41) is 6.65. The fourth-order valence-electron chi connectivity index (χ4n) is 2.72. The van der Waals surface area contributed by atoms with Gasteiger partial charge in [-0.15, -0.1) is 0 Å². The molecule has 0 aromatic heterocycles. The van der Waals surface area contributed by atoms with E-state index in [4.69, 9.17) is 16.3 Å². The summed E-state index contributed by atoms with van der Waals surface area (Å²) in [5.74, 6) is 0.333. The lowest BCUT2D eigenvalue weighted by Crippen LogP contribution is -2.20. The number of carbonyl (C=O) groups excluding carboxylic acids is 1. The number of hydrogen-bond acceptors (Lipinski definition) is 3. The van der Waals surface area contributed by atoms with E-state index < -0.39 is 0 Å². The normalized spacial score (nSPS) is 10.5. The van der Waals surface area contributed by atoms with Crippen LogP contribution in [-0.2, 0) is 11.3 Å². The lowest BCUT2D eigenvalue weighted by atomic mass is 10.1. The first-order valence-corrected chi connectivity index (χ1v) is 10.4. The predicted molar refractivity (Wildman–Crippen MR) is 123 cm³/mol. The van der Waals surface area contributed by atoms with Gasteiger partial charge in [0.1, 0.15) is 5.75 Å². The first-order chi connectivity index (χ1) is 13.9. The number of ether oxygens (including phenoxy) is 1. The maximum atomic E-state index is 12.1. The molecule has 0 radical (unpaired) electrons. The van der Waals surface area contributed by atoms with Crippen LogP contribution in [0.3, 0.4) is 0 Å². The van der Waals surface area contributed by atoms with Crippen LogP contribution in [0.5, 0.6) is 5.75 Å². The molecule has 0 unspecified atom stereocenters. The Kier molecular flexibility index (Phi) is 7.18. The van der Waals surface area contributed by atoms with Gasteiger partial charge >= 0.3 is 0 Å². The molecule has 0 aliphatic rings. The highest BCUT2D eigenvalue weighted by Gasteiger charge is 2.09. The van der Waals surface area contributed by atoms with Crippen LogP contribution in [0, 0.1) is 13.8 Å². The van der Waals surface area contributed by atoms with E-state index >= 15 is 0 Å². The molecule has 0 aliphatic carbocycles. The van der Waals surface area contributed by atoms with Crippen molar-refractivity contribution in [3.05, 3.63) is 86.8 Å². The first-order valence-electron chi connectivity index (χ1n) is 9.19. The number of rotatable bonds is 7. The molecule has 6 heteroatoms. The second-order valence-corrected chi connectivity index (χ2v) is 8.00. The zero-order valence-electron chi connectivity index (χ0n) is 16.3. The number of para-hydroxylation sites is 1. The third-order valence-electron chi connectivity index (χ3n) is 4.51. The van der Waals surface area contributed by atoms with Gasteiger partial charge in [0.15, 0.2) is 6.61 Å². The molecule has 0 aliphatic heterocycles. The average molecular weight is 474 g/mol. The lowest BCUT2D eigenvalue weighted by Gasteiger charge is -2.12. The number of amides is 1. The summed E-state index contributed by atoms with van der Waals surface area (Å²) in [6.45, 7) is 4.78. The Morgan fingerprint density at radius 1 is 1.03 bits per heavy atom. The van der Waals surface area contributed by atoms with Crippen molar-refractivity contribution in [1.82, 2.24) is 0 Å². The molecule has 0 atom stereocenters. The largest absolute Gasteiger partial charge is 0.483 e. The molecule has 0 fully saturated rings. The van der Waals surface area contributed by atoms with Gasteiger partial charge < -0.3 is 15.4 Å². The molecule has 3 aromatic rings. The third kappa shape index (κ3) is 5.99. The van der Waals surface area contributed by atoms with Gasteiger partial charge in [-0.05, 0) is 82.9 Å². The van der Waals surface area contributed by atoms with Crippen LogP contribution in [0.25, 0.3) is 0 Å². The summed E-state index contributed by atoms with van der Waals surface area (Å²) < 4.78 is 6.43. The maximum Gasteiger partial charge on any atom is 0.262 e. The zero-order chi connectivity index (χ0) is 20.8. The molecule has 29 heavy (non-hydrogen) atoms. The monoisotopic (exact) mass is 472 g/mol. The van der Waals surface area contributed by atoms with Crippen molar-refractivity contribution in [2.75, 3.05) is 17.2 Å². The minimum Gasteiger partial charge on any atom is -0.483 e. The van der Waals surface area contributed by atoms with Gasteiger partial charge in [-0.1, -0.05) is 35.9 Å². The molecule has 4 nitrogen and oxygen atoms in total. The summed E-state index contributed by atoms with van der Waals surface area (Å²) in [6.07, 6.45) is 0. The Morgan fingerprint density at radius 2 is 1.83 bits per heavy atom. The van der Waals surface area contributed by atoms with Crippen molar-refractivity contribution in [2.45, 2.75) is 20.4 Å². The van der Waals surface area contributed by atoms with Crippen LogP contribution in [0.1, 0.15) is 16.7 Å². The van der Waals surface area contributed by atoms with Gasteiger partial charge in [-0.2, -0.15) is 0 Å². The van der Waals surface area contributed by atoms with Crippen molar-refractivity contribution in [3.8, 4) is 5.75 Å². The molecule has 0 heterocycles. The Labute approximate surface area is 184 Å². The van der Waals surface area contributed by atoms with Gasteiger partial charge in [0.05, 0.1) is 15.2 Å². The van der Waals surface area contributed by atoms with Crippen molar-refractivity contribution in [2.24, 2.45) is 0 Å². The summed E-state index contributed by atoms with van der Waals surface area (Å²) in [6, 6.07) is 19.2. The fraction of sp³-hybridized carbons (Fsp3) is 0.174. The van der Waals surface area contributed by atoms with E-state index in [0.29, 0.717) is 23.0 Å². The molecule has 0 spiro atoms. The number of carbonyl (C=O) groups is 1. The Morgan fingerprint density at radius 3 is 2.55 bits per heavy atom. The fourth-order valence-corrected chi connectivity index (χ4v) is 3.44. The second kappa shape index (κ2) is 9.81. The van der Waals surface area contributed by atoms with Crippen molar-refractivity contribution in [3.63, 3.8) is 0 Å². The van der Waals surface area contributed by atoms with Crippen molar-refractivity contribution >= 4 is 44.8 Å². The van der Waals surface area contributed by atoms with E-state index in [0.717, 1.165) is 15.7 Å². The van der Waals surface area contributed by atoms with Gasteiger partial charge in [-0.25, -0.2) is 0 Å². The molecule has 0 bridgehead atoms. The van der Waals surface area contributed by atoms with Crippen LogP contribution >= 0.6 is 27.5 Å². The van der Waals surface area contributed by atoms with Gasteiger partial charge in [-0.3, -0.25) is 4.79 Å². The van der Waals surface area contributed by atoms with Crippen LogP contribution < -0.4 is 15.4 Å². The number of anilines is 2. The maximum absolute atomic E-state index is 12.1. The second-order valence-electron chi connectivity index (χ2n) is 6.73. The standard InChI is InChI=1S/C23H22BrClN2O2/c1-15-7-9-18(11-16(15)2)26-13-17-8-10-22(19(24)12-17)29-14-23(28)27-21-6-4-3-5-20(21)25/h3-12,26H,13-14H2,1-2H3,(H,27,28). The van der Waals surface area contributed by atoms with Crippen molar-refractivity contribution < 1.29 is 9.53 Å². The molecule has 0 saturated carbocycles. The SMILES string of the molecule is Cc1ccc(NCc2ccc(OCC(=O)Nc3ccccc3Cl)c(Br)c2)cc1C. The van der Waals surface area contributed by atoms with E-state index in [1.54, 1.807) is 12.1 Å². The molecular formula is C23H22BrClN2O2. The van der Waals surface area contributed by atoms with E-state index in [-0.39, 0.29) is 12.5 Å². The van der Waals surface area contributed by atoms with Crippen molar-refractivity contribution in [1.29, 1.82) is 0 Å². The highest BCUT2D eigenvalue weighted by atomic mass is 79.9. The number of halogens is 2. The highest BCUT2D eigenvalue weighted by molar-refractivity contribution is 9.10. The zero-order valence-corrected chi connectivity index (χ0v) is 18.6. The van der Waals surface area contributed by atoms with Gasteiger partial charge in [0.2, 0.25) is 0 Å². The van der Waals surface area contributed by atoms with E-state index in [1.807, 2.05) is 30.3 Å². The average Bonchev–Trinajstić information content (AvgIpc) is 2.70. The van der Waals surface area contributed by atoms with Crippen LogP contribution in [0.2, 0.25) is 5.02 Å². The van der Waals surface area contributed by atoms with E-state index in [1.165, 1.54) is 11.1 Å². The van der Waals surface area contributed by atoms with Gasteiger partial charge in [0.25, 0.3) is 5.91 Å². The van der Waals surface area contributed by atoms with Crippen LogP contribution in [-0.4, -0.2) is 12.5 Å². The third-order valence-corrected chi connectivity index (χ3v) is 5.46. The Hall–Kier alpha value is -2.50. The van der Waals surface area contributed by atoms with Gasteiger partial charge in [0, 0.05) is 12.2 Å². The number of nitrogens with one attached hydrogen (secondary N) is 2. The number of aryl methyl sites for hydroxylation is 2. The summed E-state index contributed by atoms with van der Waals surface area (Å²) in [5.41, 5.74) is 5.28.